The van der Waals surface area contributed by atoms with Crippen molar-refractivity contribution in [1.29, 1.82) is 0 Å². The van der Waals surface area contributed by atoms with Crippen LogP contribution in [0.15, 0.2) is 12.3 Å². The van der Waals surface area contributed by atoms with Gasteiger partial charge in [-0.3, -0.25) is 4.98 Å². The van der Waals surface area contributed by atoms with Crippen LogP contribution in [0.4, 0.5) is 20.5 Å². The number of halogens is 2. The highest BCUT2D eigenvalue weighted by atomic mass is 32.1. The molecule has 3 aromatic heterocycles. The number of alkyl halides is 2. The smallest absolute Gasteiger partial charge is 0.248 e. The van der Waals surface area contributed by atoms with Gasteiger partial charge in [-0.15, -0.1) is 24.2 Å². The monoisotopic (exact) mass is 524 g/mol. The van der Waals surface area contributed by atoms with E-state index in [1.165, 1.54) is 32.1 Å². The molecule has 9 heteroatoms. The van der Waals surface area contributed by atoms with Gasteiger partial charge in [0.05, 0.1) is 21.7 Å². The molecular weight excluding hydrogens is 490 g/mol. The fraction of sp³-hybridized carbons (Fsp3) is 0.571. The van der Waals surface area contributed by atoms with Gasteiger partial charge < -0.3 is 10.6 Å². The highest BCUT2D eigenvalue weighted by molar-refractivity contribution is 7.21. The minimum absolute atomic E-state index is 0.0450. The molecule has 0 bridgehead atoms. The van der Waals surface area contributed by atoms with Gasteiger partial charge in [0.1, 0.15) is 16.3 Å². The maximum Gasteiger partial charge on any atom is 0.248 e. The Balaban J connectivity index is 0.00000137. The Morgan fingerprint density at radius 2 is 1.86 bits per heavy atom. The predicted octanol–water partition coefficient (Wildman–Crippen LogP) is 7.03. The maximum absolute atomic E-state index is 14.0. The molecule has 2 N–H and O–H groups in total. The molecule has 3 saturated carbocycles. The normalized spacial score (nSPS) is 21.8. The van der Waals surface area contributed by atoms with E-state index in [9.17, 15) is 8.78 Å². The van der Waals surface area contributed by atoms with E-state index in [2.05, 4.69) is 28.5 Å². The summed E-state index contributed by atoms with van der Waals surface area (Å²) in [5.41, 5.74) is 3.77. The SMILES string of the molecule is C#C.Cc1nc(NCC2CCC2)nc(N[C@H]2CCC(C(C)(F)F)C2)c1-c1nc2c(C3CC3)nccc2s1. The number of nitrogens with one attached hydrogen (secondary N) is 2. The second-order valence-electron chi connectivity index (χ2n) is 10.7. The van der Waals surface area contributed by atoms with Crippen molar-refractivity contribution in [3.05, 3.63) is 23.7 Å². The van der Waals surface area contributed by atoms with Crippen LogP contribution in [0.2, 0.25) is 0 Å². The molecule has 0 saturated heterocycles. The van der Waals surface area contributed by atoms with Gasteiger partial charge >= 0.3 is 0 Å². The van der Waals surface area contributed by atoms with E-state index >= 15 is 0 Å². The summed E-state index contributed by atoms with van der Waals surface area (Å²) < 4.78 is 29.1. The topological polar surface area (TPSA) is 75.6 Å². The average Bonchev–Trinajstić information content (AvgIpc) is 3.40. The molecule has 37 heavy (non-hydrogen) atoms. The van der Waals surface area contributed by atoms with Gasteiger partial charge in [0, 0.05) is 30.6 Å². The quantitative estimate of drug-likeness (QED) is 0.308. The third-order valence-corrected chi connectivity index (χ3v) is 8.91. The van der Waals surface area contributed by atoms with E-state index in [1.807, 2.05) is 19.2 Å². The zero-order valence-electron chi connectivity index (χ0n) is 21.4. The molecular formula is C28H34F2N6S. The van der Waals surface area contributed by atoms with Crippen molar-refractivity contribution >= 4 is 33.3 Å². The Morgan fingerprint density at radius 1 is 1.08 bits per heavy atom. The fourth-order valence-corrected chi connectivity index (χ4v) is 6.42. The van der Waals surface area contributed by atoms with Gasteiger partial charge in [-0.05, 0) is 70.8 Å². The lowest BCUT2D eigenvalue weighted by Crippen LogP contribution is -2.25. The second-order valence-corrected chi connectivity index (χ2v) is 11.7. The fourth-order valence-electron chi connectivity index (χ4n) is 5.35. The minimum Gasteiger partial charge on any atom is -0.367 e. The number of hydrogen-bond donors (Lipinski definition) is 2. The Kier molecular flexibility index (Phi) is 7.30. The van der Waals surface area contributed by atoms with Crippen LogP contribution in [0.1, 0.15) is 75.6 Å². The molecule has 2 atom stereocenters. The van der Waals surface area contributed by atoms with Crippen LogP contribution in [0.3, 0.4) is 0 Å². The first-order valence-electron chi connectivity index (χ1n) is 13.2. The molecule has 1 unspecified atom stereocenters. The van der Waals surface area contributed by atoms with E-state index in [-0.39, 0.29) is 6.04 Å². The number of pyridine rings is 1. The first-order valence-corrected chi connectivity index (χ1v) is 14.0. The van der Waals surface area contributed by atoms with Crippen molar-refractivity contribution in [3.8, 4) is 23.4 Å². The molecule has 6 nitrogen and oxygen atoms in total. The van der Waals surface area contributed by atoms with Gasteiger partial charge in [-0.1, -0.05) is 6.42 Å². The zero-order valence-corrected chi connectivity index (χ0v) is 22.3. The predicted molar refractivity (Wildman–Crippen MR) is 146 cm³/mol. The lowest BCUT2D eigenvalue weighted by Gasteiger charge is -2.25. The minimum atomic E-state index is -2.66. The highest BCUT2D eigenvalue weighted by Crippen LogP contribution is 2.45. The van der Waals surface area contributed by atoms with Crippen molar-refractivity contribution in [1.82, 2.24) is 19.9 Å². The largest absolute Gasteiger partial charge is 0.367 e. The standard InChI is InChI=1S/C26H32F2N6S.C2H2/c1-14-20(24-33-22-19(35-24)10-11-29-21(22)16-6-7-16)23(32-18-9-8-17(12-18)26(2,27)28)34-25(31-14)30-13-15-4-3-5-15;1-2/h10-11,15-18H,3-9,12-13H2,1-2H3,(H2,30,31,32,34);1-2H/t17?,18-;/m0./s1. The van der Waals surface area contributed by atoms with Gasteiger partial charge in [0.15, 0.2) is 0 Å². The number of anilines is 2. The van der Waals surface area contributed by atoms with E-state index < -0.39 is 11.8 Å². The summed E-state index contributed by atoms with van der Waals surface area (Å²) in [4.78, 5) is 19.3. The van der Waals surface area contributed by atoms with Crippen LogP contribution < -0.4 is 10.6 Å². The Labute approximate surface area is 221 Å². The van der Waals surface area contributed by atoms with Gasteiger partial charge in [-0.2, -0.15) is 4.98 Å². The molecule has 0 aliphatic heterocycles. The van der Waals surface area contributed by atoms with E-state index in [1.54, 1.807) is 11.3 Å². The summed E-state index contributed by atoms with van der Waals surface area (Å²) in [5.74, 6) is -0.786. The van der Waals surface area contributed by atoms with Crippen molar-refractivity contribution in [3.63, 3.8) is 0 Å². The van der Waals surface area contributed by atoms with Gasteiger partial charge in [0.25, 0.3) is 0 Å². The third kappa shape index (κ3) is 5.54. The van der Waals surface area contributed by atoms with Crippen LogP contribution in [0.5, 0.6) is 0 Å². The second kappa shape index (κ2) is 10.5. The summed E-state index contributed by atoms with van der Waals surface area (Å²) in [7, 11) is 0. The number of rotatable bonds is 8. The number of nitrogens with zero attached hydrogens (tertiary/aromatic N) is 4. The van der Waals surface area contributed by atoms with E-state index in [0.717, 1.165) is 45.6 Å². The van der Waals surface area contributed by atoms with Crippen LogP contribution in [0.25, 0.3) is 20.8 Å². The summed E-state index contributed by atoms with van der Waals surface area (Å²) in [6, 6.07) is 1.97. The van der Waals surface area contributed by atoms with E-state index in [4.69, 9.17) is 15.0 Å². The molecule has 3 aliphatic rings. The number of thiazole rings is 1. The molecule has 0 radical (unpaired) electrons. The Hall–Kier alpha value is -2.86. The Bertz CT molecular complexity index is 1270. The molecule has 3 aromatic rings. The van der Waals surface area contributed by atoms with Crippen LogP contribution >= 0.6 is 11.3 Å². The zero-order chi connectivity index (χ0) is 26.2. The van der Waals surface area contributed by atoms with Gasteiger partial charge in [-0.25, -0.2) is 18.7 Å². The van der Waals surface area contributed by atoms with Crippen molar-refractivity contribution in [2.75, 3.05) is 17.2 Å². The summed E-state index contributed by atoms with van der Waals surface area (Å²) >= 11 is 1.63. The first-order chi connectivity index (χ1) is 17.8. The number of terminal acetylenes is 1. The van der Waals surface area contributed by atoms with Crippen molar-refractivity contribution < 1.29 is 8.78 Å². The van der Waals surface area contributed by atoms with Gasteiger partial charge in [0.2, 0.25) is 11.9 Å². The highest BCUT2D eigenvalue weighted by Gasteiger charge is 2.40. The molecule has 3 heterocycles. The summed E-state index contributed by atoms with van der Waals surface area (Å²) in [6.45, 7) is 3.89. The van der Waals surface area contributed by atoms with Crippen molar-refractivity contribution in [2.45, 2.75) is 83.1 Å². The average molecular weight is 525 g/mol. The lowest BCUT2D eigenvalue weighted by molar-refractivity contribution is -0.0369. The number of aryl methyl sites for hydroxylation is 1. The van der Waals surface area contributed by atoms with Crippen LogP contribution in [-0.2, 0) is 0 Å². The van der Waals surface area contributed by atoms with E-state index in [0.29, 0.717) is 42.9 Å². The Morgan fingerprint density at radius 3 is 2.51 bits per heavy atom. The molecule has 3 aliphatic carbocycles. The van der Waals surface area contributed by atoms with Crippen LogP contribution in [-0.4, -0.2) is 38.4 Å². The molecule has 196 valence electrons. The lowest BCUT2D eigenvalue weighted by atomic mass is 9.85. The molecule has 0 aromatic carbocycles. The first kappa shape index (κ1) is 25.8. The maximum atomic E-state index is 14.0. The number of aromatic nitrogens is 4. The van der Waals surface area contributed by atoms with Crippen molar-refractivity contribution in [2.24, 2.45) is 11.8 Å². The number of fused-ring (bicyclic) bond motifs is 1. The molecule has 3 fully saturated rings. The third-order valence-electron chi connectivity index (χ3n) is 7.87. The molecule has 0 spiro atoms. The molecule has 6 rings (SSSR count). The summed E-state index contributed by atoms with van der Waals surface area (Å²) in [6.07, 6.45) is 17.6. The number of hydrogen-bond acceptors (Lipinski definition) is 7. The van der Waals surface area contributed by atoms with Crippen LogP contribution in [0, 0.1) is 31.6 Å². The summed E-state index contributed by atoms with van der Waals surface area (Å²) in [5, 5.41) is 7.80. The molecule has 0 amide bonds.